The van der Waals surface area contributed by atoms with Crippen LogP contribution in [0, 0.1) is 5.92 Å². The molecule has 0 radical (unpaired) electrons. The summed E-state index contributed by atoms with van der Waals surface area (Å²) in [4.78, 5) is 48.0. The quantitative estimate of drug-likeness (QED) is 0.567. The third-order valence-corrected chi connectivity index (χ3v) is 8.37. The Morgan fingerprint density at radius 1 is 1.05 bits per heavy atom. The van der Waals surface area contributed by atoms with Gasteiger partial charge in [0, 0.05) is 43.2 Å². The lowest BCUT2D eigenvalue weighted by molar-refractivity contribution is 0.0430. The first-order valence-corrected chi connectivity index (χ1v) is 13.4. The van der Waals surface area contributed by atoms with Gasteiger partial charge in [-0.25, -0.2) is 9.50 Å². The zero-order chi connectivity index (χ0) is 25.7. The molecule has 8 nitrogen and oxygen atoms in total. The Labute approximate surface area is 214 Å². The number of carbonyl (C=O) groups excluding carboxylic acids is 2. The predicted octanol–water partition coefficient (Wildman–Crippen LogP) is 4.01. The van der Waals surface area contributed by atoms with Crippen molar-refractivity contribution in [3.05, 3.63) is 57.5 Å². The Balaban J connectivity index is 1.40. The molecular weight excluding hydrogens is 473 g/mol. The van der Waals surface area contributed by atoms with Crippen LogP contribution in [0.2, 0.25) is 0 Å². The fourth-order valence-electron chi connectivity index (χ4n) is 5.86. The van der Waals surface area contributed by atoms with E-state index >= 15 is 0 Å². The number of rotatable bonds is 5. The maximum atomic E-state index is 13.5. The molecule has 0 spiro atoms. The van der Waals surface area contributed by atoms with Gasteiger partial charge in [0.1, 0.15) is 11.3 Å². The summed E-state index contributed by atoms with van der Waals surface area (Å²) >= 11 is 0. The van der Waals surface area contributed by atoms with Gasteiger partial charge in [0.25, 0.3) is 17.4 Å². The predicted molar refractivity (Wildman–Crippen MR) is 138 cm³/mol. The zero-order valence-corrected chi connectivity index (χ0v) is 21.1. The van der Waals surface area contributed by atoms with Gasteiger partial charge in [-0.1, -0.05) is 43.5 Å². The molecule has 2 aliphatic heterocycles. The summed E-state index contributed by atoms with van der Waals surface area (Å²) in [6, 6.07) is 9.66. The minimum absolute atomic E-state index is 0.0599. The molecule has 3 aromatic rings. The second-order valence-corrected chi connectivity index (χ2v) is 10.8. The number of H-pyrrole nitrogens is 1. The highest BCUT2D eigenvalue weighted by molar-refractivity contribution is 6.10. The lowest BCUT2D eigenvalue weighted by Gasteiger charge is -2.39. The van der Waals surface area contributed by atoms with Crippen molar-refractivity contribution >= 4 is 17.5 Å². The van der Waals surface area contributed by atoms with E-state index in [4.69, 9.17) is 4.98 Å². The van der Waals surface area contributed by atoms with E-state index in [-0.39, 0.29) is 47.9 Å². The van der Waals surface area contributed by atoms with Gasteiger partial charge in [-0.3, -0.25) is 23.9 Å². The summed E-state index contributed by atoms with van der Waals surface area (Å²) in [6.45, 7) is 2.62. The van der Waals surface area contributed by atoms with Crippen LogP contribution >= 0.6 is 0 Å². The Hall–Kier alpha value is -3.49. The molecule has 1 N–H and O–H groups in total. The number of hydrogen-bond donors (Lipinski definition) is 1. The number of amides is 2. The summed E-state index contributed by atoms with van der Waals surface area (Å²) in [5.41, 5.74) is 2.42. The van der Waals surface area contributed by atoms with Gasteiger partial charge < -0.3 is 9.80 Å². The average molecular weight is 506 g/mol. The largest absolute Gasteiger partial charge is 0.338 e. The van der Waals surface area contributed by atoms with Crippen LogP contribution in [0.1, 0.15) is 77.8 Å². The Kier molecular flexibility index (Phi) is 6.09. The standard InChI is InChI=1S/C28H32FN5O3/c1-17-11-12-33(17)28(37)25-24(27(36)32-15-18(14-29)16-32)26-30-22(13-23(35)34(26)31-25)21-9-7-20(8-10-21)19-5-3-2-4-6-19/h7-10,13,17-19,31H,2-6,11-12,14-16H2,1H3/t17-/m0/s1. The molecule has 4 heterocycles. The van der Waals surface area contributed by atoms with Crippen molar-refractivity contribution in [3.8, 4) is 11.3 Å². The number of hydrogen-bond acceptors (Lipinski definition) is 4. The Morgan fingerprint density at radius 3 is 2.41 bits per heavy atom. The molecule has 9 heteroatoms. The first-order valence-electron chi connectivity index (χ1n) is 13.4. The van der Waals surface area contributed by atoms with Gasteiger partial charge in [0.2, 0.25) is 0 Å². The summed E-state index contributed by atoms with van der Waals surface area (Å²) in [5.74, 6) is -0.359. The Morgan fingerprint density at radius 2 is 1.78 bits per heavy atom. The topological polar surface area (TPSA) is 90.8 Å². The van der Waals surface area contributed by atoms with Gasteiger partial charge in [-0.05, 0) is 37.7 Å². The van der Waals surface area contributed by atoms with Crippen molar-refractivity contribution in [2.45, 2.75) is 57.4 Å². The van der Waals surface area contributed by atoms with Crippen molar-refractivity contribution < 1.29 is 14.0 Å². The molecule has 0 unspecified atom stereocenters. The van der Waals surface area contributed by atoms with E-state index < -0.39 is 18.1 Å². The van der Waals surface area contributed by atoms with Gasteiger partial charge in [-0.15, -0.1) is 0 Å². The molecule has 1 aromatic carbocycles. The Bertz CT molecular complexity index is 1400. The van der Waals surface area contributed by atoms with Crippen molar-refractivity contribution in [1.82, 2.24) is 24.4 Å². The first kappa shape index (κ1) is 23.9. The van der Waals surface area contributed by atoms with Crippen LogP contribution in [0.25, 0.3) is 16.9 Å². The minimum atomic E-state index is -0.493. The zero-order valence-electron chi connectivity index (χ0n) is 21.1. The first-order chi connectivity index (χ1) is 17.9. The van der Waals surface area contributed by atoms with E-state index in [1.165, 1.54) is 53.1 Å². The average Bonchev–Trinajstić information content (AvgIpc) is 3.28. The normalized spacial score (nSPS) is 20.6. The van der Waals surface area contributed by atoms with Crippen molar-refractivity contribution in [1.29, 1.82) is 0 Å². The molecule has 3 fully saturated rings. The summed E-state index contributed by atoms with van der Waals surface area (Å²) in [5, 5.41) is 2.87. The number of nitrogens with zero attached hydrogens (tertiary/aromatic N) is 4. The fraction of sp³-hybridized carbons (Fsp3) is 0.500. The van der Waals surface area contributed by atoms with Crippen LogP contribution in [0.4, 0.5) is 4.39 Å². The van der Waals surface area contributed by atoms with Crippen LogP contribution in [-0.2, 0) is 0 Å². The van der Waals surface area contributed by atoms with E-state index in [1.807, 2.05) is 19.1 Å². The van der Waals surface area contributed by atoms with Gasteiger partial charge >= 0.3 is 0 Å². The maximum absolute atomic E-state index is 13.5. The van der Waals surface area contributed by atoms with Crippen LogP contribution in [-0.4, -0.2) is 68.6 Å². The molecule has 2 aromatic heterocycles. The molecular formula is C28H32FN5O3. The number of halogens is 1. The number of carbonyl (C=O) groups is 2. The molecule has 3 aliphatic rings. The number of fused-ring (bicyclic) bond motifs is 1. The van der Waals surface area contributed by atoms with Gasteiger partial charge in [-0.2, -0.15) is 0 Å². The van der Waals surface area contributed by atoms with Crippen LogP contribution in [0.5, 0.6) is 0 Å². The van der Waals surface area contributed by atoms with E-state index in [0.717, 1.165) is 12.0 Å². The van der Waals surface area contributed by atoms with Crippen molar-refractivity contribution in [2.75, 3.05) is 26.3 Å². The van der Waals surface area contributed by atoms with E-state index in [2.05, 4.69) is 17.2 Å². The molecule has 1 saturated carbocycles. The lowest BCUT2D eigenvalue weighted by Crippen LogP contribution is -2.52. The lowest BCUT2D eigenvalue weighted by atomic mass is 9.84. The molecule has 2 saturated heterocycles. The van der Waals surface area contributed by atoms with Crippen LogP contribution in [0.3, 0.4) is 0 Å². The molecule has 37 heavy (non-hydrogen) atoms. The summed E-state index contributed by atoms with van der Waals surface area (Å²) < 4.78 is 14.2. The number of nitrogens with one attached hydrogen (secondary N) is 1. The SMILES string of the molecule is C[C@H]1CCN1C(=O)c1[nH]n2c(=O)cc(-c3ccc(C4CCCCC4)cc3)nc2c1C(=O)N1CC(CF)C1. The highest BCUT2D eigenvalue weighted by atomic mass is 19.1. The summed E-state index contributed by atoms with van der Waals surface area (Å²) in [7, 11) is 0. The van der Waals surface area contributed by atoms with E-state index in [9.17, 15) is 18.8 Å². The number of aromatic nitrogens is 3. The van der Waals surface area contributed by atoms with Crippen LogP contribution < -0.4 is 5.56 Å². The third-order valence-electron chi connectivity index (χ3n) is 8.37. The van der Waals surface area contributed by atoms with Crippen LogP contribution in [0.15, 0.2) is 35.1 Å². The fourth-order valence-corrected chi connectivity index (χ4v) is 5.86. The van der Waals surface area contributed by atoms with Gasteiger partial charge in [0.15, 0.2) is 5.65 Å². The minimum Gasteiger partial charge on any atom is -0.338 e. The molecule has 194 valence electrons. The molecule has 1 atom stereocenters. The monoisotopic (exact) mass is 505 g/mol. The number of benzene rings is 1. The highest BCUT2D eigenvalue weighted by Gasteiger charge is 2.38. The summed E-state index contributed by atoms with van der Waals surface area (Å²) in [6.07, 6.45) is 7.10. The number of likely N-dealkylation sites (tertiary alicyclic amines) is 2. The van der Waals surface area contributed by atoms with Crippen molar-refractivity contribution in [3.63, 3.8) is 0 Å². The van der Waals surface area contributed by atoms with E-state index in [1.54, 1.807) is 4.90 Å². The van der Waals surface area contributed by atoms with E-state index in [0.29, 0.717) is 18.2 Å². The second kappa shape index (κ2) is 9.43. The van der Waals surface area contributed by atoms with Crippen molar-refractivity contribution in [2.24, 2.45) is 5.92 Å². The molecule has 1 aliphatic carbocycles. The molecule has 6 rings (SSSR count). The third kappa shape index (κ3) is 4.14. The smallest absolute Gasteiger partial charge is 0.273 e. The number of aromatic amines is 1. The molecule has 2 amide bonds. The molecule has 0 bridgehead atoms. The van der Waals surface area contributed by atoms with Gasteiger partial charge in [0.05, 0.1) is 12.4 Å². The highest BCUT2D eigenvalue weighted by Crippen LogP contribution is 2.33. The number of alkyl halides is 1. The second-order valence-electron chi connectivity index (χ2n) is 10.8. The maximum Gasteiger partial charge on any atom is 0.273 e.